The van der Waals surface area contributed by atoms with Gasteiger partial charge in [-0.15, -0.1) is 0 Å². The molecule has 2 aliphatic rings. The molecule has 3 rings (SSSR count). The van der Waals surface area contributed by atoms with Gasteiger partial charge in [0.25, 0.3) is 0 Å². The minimum absolute atomic E-state index is 0.170. The molecule has 20 heavy (non-hydrogen) atoms. The van der Waals surface area contributed by atoms with Gasteiger partial charge < -0.3 is 5.73 Å². The summed E-state index contributed by atoms with van der Waals surface area (Å²) in [7, 11) is 0. The average Bonchev–Trinajstić information content (AvgIpc) is 3.10. The number of rotatable bonds is 3. The van der Waals surface area contributed by atoms with Crippen molar-refractivity contribution in [3.05, 3.63) is 34.9 Å². The van der Waals surface area contributed by atoms with Crippen LogP contribution in [0.5, 0.6) is 0 Å². The Hall–Kier alpha value is -0.860. The van der Waals surface area contributed by atoms with Crippen molar-refractivity contribution in [3.8, 4) is 0 Å². The molecule has 2 heteroatoms. The van der Waals surface area contributed by atoms with E-state index >= 15 is 0 Å². The molecule has 1 aliphatic heterocycles. The van der Waals surface area contributed by atoms with Gasteiger partial charge in [-0.2, -0.15) is 0 Å². The van der Waals surface area contributed by atoms with Gasteiger partial charge in [0.1, 0.15) is 0 Å². The minimum Gasteiger partial charge on any atom is -0.322 e. The molecule has 1 atom stereocenters. The molecule has 0 spiro atoms. The normalized spacial score (nSPS) is 24.1. The molecular weight excluding hydrogens is 244 g/mol. The molecule has 1 saturated heterocycles. The van der Waals surface area contributed by atoms with Crippen LogP contribution in [0.4, 0.5) is 0 Å². The fourth-order valence-electron chi connectivity index (χ4n) is 4.44. The fourth-order valence-corrected chi connectivity index (χ4v) is 4.44. The topological polar surface area (TPSA) is 29.3 Å². The summed E-state index contributed by atoms with van der Waals surface area (Å²) < 4.78 is 0. The van der Waals surface area contributed by atoms with Crippen LogP contribution in [0.25, 0.3) is 0 Å². The molecule has 1 saturated carbocycles. The molecule has 1 heterocycles. The Balaban J connectivity index is 1.94. The van der Waals surface area contributed by atoms with E-state index in [9.17, 15) is 0 Å². The maximum Gasteiger partial charge on any atom is 0.0484 e. The molecule has 0 radical (unpaired) electrons. The zero-order valence-electron chi connectivity index (χ0n) is 13.0. The Morgan fingerprint density at radius 3 is 2.30 bits per heavy atom. The lowest BCUT2D eigenvalue weighted by atomic mass is 9.81. The number of aryl methyl sites for hydroxylation is 2. The van der Waals surface area contributed by atoms with Crippen LogP contribution in [-0.2, 0) is 0 Å². The molecule has 1 aromatic carbocycles. The van der Waals surface area contributed by atoms with E-state index in [4.69, 9.17) is 5.73 Å². The number of likely N-dealkylation sites (tertiary alicyclic amines) is 1. The highest BCUT2D eigenvalue weighted by Crippen LogP contribution is 2.45. The van der Waals surface area contributed by atoms with Gasteiger partial charge in [0.15, 0.2) is 0 Å². The Morgan fingerprint density at radius 2 is 1.70 bits per heavy atom. The second-order valence-corrected chi connectivity index (χ2v) is 6.84. The van der Waals surface area contributed by atoms with Gasteiger partial charge in [-0.3, -0.25) is 4.90 Å². The zero-order valence-corrected chi connectivity index (χ0v) is 13.0. The van der Waals surface area contributed by atoms with E-state index in [1.54, 1.807) is 0 Å². The molecule has 0 amide bonds. The van der Waals surface area contributed by atoms with Crippen LogP contribution in [0.15, 0.2) is 18.2 Å². The first-order valence-corrected chi connectivity index (χ1v) is 8.21. The highest BCUT2D eigenvalue weighted by Gasteiger charge is 2.45. The van der Waals surface area contributed by atoms with Crippen LogP contribution >= 0.6 is 0 Å². The van der Waals surface area contributed by atoms with Gasteiger partial charge in [-0.25, -0.2) is 0 Å². The number of nitrogens with two attached hydrogens (primary N) is 1. The number of hydrogen-bond donors (Lipinski definition) is 1. The van der Waals surface area contributed by atoms with Crippen molar-refractivity contribution < 1.29 is 0 Å². The SMILES string of the molecule is Cc1ccc(C(N)C2(N3CCCC3)CCCC2)c(C)c1. The van der Waals surface area contributed by atoms with E-state index in [-0.39, 0.29) is 11.6 Å². The number of hydrogen-bond acceptors (Lipinski definition) is 2. The molecule has 2 N–H and O–H groups in total. The second-order valence-electron chi connectivity index (χ2n) is 6.84. The lowest BCUT2D eigenvalue weighted by molar-refractivity contribution is 0.0919. The highest BCUT2D eigenvalue weighted by molar-refractivity contribution is 5.35. The summed E-state index contributed by atoms with van der Waals surface area (Å²) in [6.07, 6.45) is 7.94. The molecule has 1 aliphatic carbocycles. The third-order valence-electron chi connectivity index (χ3n) is 5.54. The lowest BCUT2D eigenvalue weighted by Crippen LogP contribution is -2.52. The lowest BCUT2D eigenvalue weighted by Gasteiger charge is -2.44. The summed E-state index contributed by atoms with van der Waals surface area (Å²) in [4.78, 5) is 2.71. The van der Waals surface area contributed by atoms with Crippen molar-refractivity contribution in [2.75, 3.05) is 13.1 Å². The molecule has 1 aromatic rings. The van der Waals surface area contributed by atoms with E-state index in [1.807, 2.05) is 0 Å². The molecule has 110 valence electrons. The fraction of sp³-hybridized carbons (Fsp3) is 0.667. The maximum absolute atomic E-state index is 6.82. The Bertz CT molecular complexity index is 468. The summed E-state index contributed by atoms with van der Waals surface area (Å²) in [5.74, 6) is 0. The van der Waals surface area contributed by atoms with Crippen molar-refractivity contribution in [2.24, 2.45) is 5.73 Å². The van der Waals surface area contributed by atoms with Crippen LogP contribution < -0.4 is 5.73 Å². The van der Waals surface area contributed by atoms with Gasteiger partial charge in [-0.1, -0.05) is 36.6 Å². The van der Waals surface area contributed by atoms with Gasteiger partial charge >= 0.3 is 0 Å². The van der Waals surface area contributed by atoms with Crippen LogP contribution in [0.3, 0.4) is 0 Å². The summed E-state index contributed by atoms with van der Waals surface area (Å²) in [6.45, 7) is 6.88. The number of nitrogens with zero attached hydrogens (tertiary/aromatic N) is 1. The van der Waals surface area contributed by atoms with Gasteiger partial charge in [-0.05, 0) is 63.7 Å². The van der Waals surface area contributed by atoms with Crippen LogP contribution in [0.1, 0.15) is 61.3 Å². The van der Waals surface area contributed by atoms with Gasteiger partial charge in [0, 0.05) is 11.6 Å². The van der Waals surface area contributed by atoms with Crippen molar-refractivity contribution >= 4 is 0 Å². The standard InChI is InChI=1S/C18H28N2/c1-14-7-8-16(15(2)13-14)17(19)18(9-3-4-10-18)20-11-5-6-12-20/h7-8,13,17H,3-6,9-12,19H2,1-2H3. The predicted molar refractivity (Wildman–Crippen MR) is 84.9 cm³/mol. The minimum atomic E-state index is 0.170. The van der Waals surface area contributed by atoms with Crippen molar-refractivity contribution in [1.82, 2.24) is 4.90 Å². The molecule has 2 nitrogen and oxygen atoms in total. The highest BCUT2D eigenvalue weighted by atomic mass is 15.2. The first-order valence-electron chi connectivity index (χ1n) is 8.21. The zero-order chi connectivity index (χ0) is 14.2. The molecule has 0 bridgehead atoms. The third kappa shape index (κ3) is 2.29. The summed E-state index contributed by atoms with van der Waals surface area (Å²) in [5.41, 5.74) is 11.1. The predicted octanol–water partition coefficient (Wildman–Crippen LogP) is 3.71. The van der Waals surface area contributed by atoms with Crippen molar-refractivity contribution in [3.63, 3.8) is 0 Å². The number of benzene rings is 1. The largest absolute Gasteiger partial charge is 0.322 e. The summed E-state index contributed by atoms with van der Waals surface area (Å²) >= 11 is 0. The molecule has 2 fully saturated rings. The van der Waals surface area contributed by atoms with E-state index < -0.39 is 0 Å². The maximum atomic E-state index is 6.82. The van der Waals surface area contributed by atoms with E-state index in [2.05, 4.69) is 36.9 Å². The van der Waals surface area contributed by atoms with Gasteiger partial charge in [0.2, 0.25) is 0 Å². The van der Waals surface area contributed by atoms with Crippen molar-refractivity contribution in [1.29, 1.82) is 0 Å². The summed E-state index contributed by atoms with van der Waals surface area (Å²) in [5, 5.41) is 0. The molecule has 1 unspecified atom stereocenters. The van der Waals surface area contributed by atoms with E-state index in [0.717, 1.165) is 0 Å². The summed E-state index contributed by atoms with van der Waals surface area (Å²) in [6, 6.07) is 6.94. The van der Waals surface area contributed by atoms with Crippen LogP contribution in [0, 0.1) is 13.8 Å². The van der Waals surface area contributed by atoms with Crippen LogP contribution in [0.2, 0.25) is 0 Å². The van der Waals surface area contributed by atoms with Crippen molar-refractivity contribution in [2.45, 2.75) is 64.0 Å². The Morgan fingerprint density at radius 1 is 1.05 bits per heavy atom. The molecule has 0 aromatic heterocycles. The first-order chi connectivity index (χ1) is 9.63. The molecular formula is C18H28N2. The smallest absolute Gasteiger partial charge is 0.0484 e. The second kappa shape index (κ2) is 5.50. The average molecular weight is 272 g/mol. The quantitative estimate of drug-likeness (QED) is 0.909. The Labute approximate surface area is 123 Å². The van der Waals surface area contributed by atoms with E-state index in [1.165, 1.54) is 68.3 Å². The van der Waals surface area contributed by atoms with Crippen LogP contribution in [-0.4, -0.2) is 23.5 Å². The van der Waals surface area contributed by atoms with E-state index in [0.29, 0.717) is 0 Å². The van der Waals surface area contributed by atoms with Gasteiger partial charge in [0.05, 0.1) is 0 Å². The first kappa shape index (κ1) is 14.1. The monoisotopic (exact) mass is 272 g/mol. The third-order valence-corrected chi connectivity index (χ3v) is 5.54. The Kier molecular flexibility index (Phi) is 3.87.